The van der Waals surface area contributed by atoms with Crippen LogP contribution in [0.3, 0.4) is 0 Å². The molecule has 1 aliphatic rings. The Kier molecular flexibility index (Phi) is 5.64. The molecule has 0 radical (unpaired) electrons. The second-order valence-electron chi connectivity index (χ2n) is 6.84. The van der Waals surface area contributed by atoms with Crippen molar-refractivity contribution in [2.24, 2.45) is 5.73 Å². The first-order chi connectivity index (χ1) is 14.9. The van der Waals surface area contributed by atoms with Crippen LogP contribution in [0, 0.1) is 17.1 Å². The largest absolute Gasteiger partial charge is 0.508 e. The van der Waals surface area contributed by atoms with Gasteiger partial charge in [0.1, 0.15) is 35.6 Å². The highest BCUT2D eigenvalue weighted by atomic mass is 35.5. The number of nitriles is 1. The van der Waals surface area contributed by atoms with Gasteiger partial charge in [-0.05, 0) is 29.8 Å². The van der Waals surface area contributed by atoms with Crippen molar-refractivity contribution < 1.29 is 19.0 Å². The number of nitrogens with zero attached hydrogens (tertiary/aromatic N) is 1. The van der Waals surface area contributed by atoms with Gasteiger partial charge in [-0.2, -0.15) is 5.26 Å². The summed E-state index contributed by atoms with van der Waals surface area (Å²) in [7, 11) is 0. The van der Waals surface area contributed by atoms with Crippen molar-refractivity contribution in [1.29, 1.82) is 5.26 Å². The smallest absolute Gasteiger partial charge is 0.205 e. The molecule has 0 aromatic heterocycles. The van der Waals surface area contributed by atoms with E-state index >= 15 is 0 Å². The van der Waals surface area contributed by atoms with Gasteiger partial charge in [0.05, 0.1) is 16.0 Å². The molecule has 156 valence electrons. The molecule has 4 rings (SSSR count). The lowest BCUT2D eigenvalue weighted by Gasteiger charge is -2.27. The zero-order valence-corrected chi connectivity index (χ0v) is 17.4. The summed E-state index contributed by atoms with van der Waals surface area (Å²) in [5, 5.41) is 19.8. The molecule has 8 heteroatoms. The number of hydrogen-bond donors (Lipinski definition) is 2. The Morgan fingerprint density at radius 2 is 1.84 bits per heavy atom. The number of nitrogens with two attached hydrogens (primary N) is 1. The van der Waals surface area contributed by atoms with Gasteiger partial charge in [-0.1, -0.05) is 47.5 Å². The molecule has 0 saturated heterocycles. The molecule has 0 unspecified atom stereocenters. The number of phenolic OH excluding ortho intramolecular Hbond substituents is 1. The van der Waals surface area contributed by atoms with Crippen LogP contribution in [-0.4, -0.2) is 5.11 Å². The highest BCUT2D eigenvalue weighted by Gasteiger charge is 2.32. The van der Waals surface area contributed by atoms with E-state index in [1.165, 1.54) is 18.2 Å². The van der Waals surface area contributed by atoms with Gasteiger partial charge in [-0.3, -0.25) is 0 Å². The Hall–Kier alpha value is -3.40. The molecular weight excluding hydrogens is 442 g/mol. The fourth-order valence-electron chi connectivity index (χ4n) is 3.44. The van der Waals surface area contributed by atoms with E-state index in [4.69, 9.17) is 38.4 Å². The number of benzene rings is 3. The van der Waals surface area contributed by atoms with E-state index < -0.39 is 11.7 Å². The Morgan fingerprint density at radius 3 is 2.52 bits per heavy atom. The summed E-state index contributed by atoms with van der Waals surface area (Å²) in [4.78, 5) is 0. The minimum atomic E-state index is -0.607. The second-order valence-corrected chi connectivity index (χ2v) is 7.66. The number of rotatable bonds is 4. The lowest BCUT2D eigenvalue weighted by molar-refractivity contribution is 0.300. The van der Waals surface area contributed by atoms with Gasteiger partial charge in [0.2, 0.25) is 5.88 Å². The fourth-order valence-corrected chi connectivity index (χ4v) is 4.05. The Balaban J connectivity index is 1.72. The molecule has 1 aliphatic heterocycles. The first-order valence-electron chi connectivity index (χ1n) is 9.14. The molecule has 5 nitrogen and oxygen atoms in total. The molecule has 0 amide bonds. The predicted octanol–water partition coefficient (Wildman–Crippen LogP) is 5.64. The Labute approximate surface area is 187 Å². The van der Waals surface area contributed by atoms with Gasteiger partial charge in [-0.25, -0.2) is 4.39 Å². The Bertz CT molecular complexity index is 1230. The highest BCUT2D eigenvalue weighted by Crippen LogP contribution is 2.46. The van der Waals surface area contributed by atoms with Crippen LogP contribution >= 0.6 is 23.2 Å². The van der Waals surface area contributed by atoms with Crippen LogP contribution in [0.4, 0.5) is 4.39 Å². The molecule has 3 aromatic carbocycles. The first kappa shape index (κ1) is 20.9. The lowest BCUT2D eigenvalue weighted by atomic mass is 9.83. The van der Waals surface area contributed by atoms with Crippen LogP contribution in [0.5, 0.6) is 17.2 Å². The van der Waals surface area contributed by atoms with Crippen molar-refractivity contribution in [2.45, 2.75) is 12.5 Å². The normalized spacial score (nSPS) is 15.1. The summed E-state index contributed by atoms with van der Waals surface area (Å²) >= 11 is 12.9. The Morgan fingerprint density at radius 1 is 1.13 bits per heavy atom. The predicted molar refractivity (Wildman–Crippen MR) is 115 cm³/mol. The van der Waals surface area contributed by atoms with Crippen molar-refractivity contribution in [3.8, 4) is 23.3 Å². The summed E-state index contributed by atoms with van der Waals surface area (Å²) in [5.74, 6) is -0.550. The zero-order valence-electron chi connectivity index (χ0n) is 15.9. The van der Waals surface area contributed by atoms with Gasteiger partial charge < -0.3 is 20.3 Å². The van der Waals surface area contributed by atoms with Crippen molar-refractivity contribution in [3.63, 3.8) is 0 Å². The third kappa shape index (κ3) is 3.98. The van der Waals surface area contributed by atoms with Crippen LogP contribution < -0.4 is 15.2 Å². The maximum atomic E-state index is 13.9. The van der Waals surface area contributed by atoms with Gasteiger partial charge >= 0.3 is 0 Å². The molecule has 0 aliphatic carbocycles. The lowest BCUT2D eigenvalue weighted by Crippen LogP contribution is -2.21. The van der Waals surface area contributed by atoms with E-state index in [0.29, 0.717) is 22.4 Å². The summed E-state index contributed by atoms with van der Waals surface area (Å²) in [5.41, 5.74) is 7.69. The summed E-state index contributed by atoms with van der Waals surface area (Å²) in [6, 6.07) is 16.1. The molecular formula is C23H15Cl2FN2O3. The number of halogens is 3. The fraction of sp³-hybridized carbons (Fsp3) is 0.0870. The third-order valence-corrected chi connectivity index (χ3v) is 5.45. The third-order valence-electron chi connectivity index (χ3n) is 4.89. The highest BCUT2D eigenvalue weighted by molar-refractivity contribution is 6.37. The average Bonchev–Trinajstić information content (AvgIpc) is 2.73. The van der Waals surface area contributed by atoms with Gasteiger partial charge in [0.25, 0.3) is 0 Å². The number of ether oxygens (including phenoxy) is 2. The molecule has 31 heavy (non-hydrogen) atoms. The van der Waals surface area contributed by atoms with E-state index in [-0.39, 0.29) is 39.6 Å². The summed E-state index contributed by atoms with van der Waals surface area (Å²) < 4.78 is 25.0. The molecule has 0 bridgehead atoms. The second kappa shape index (κ2) is 8.38. The number of fused-ring (bicyclic) bond motifs is 1. The van der Waals surface area contributed by atoms with E-state index in [1.807, 2.05) is 0 Å². The topological polar surface area (TPSA) is 88.5 Å². The molecule has 0 spiro atoms. The van der Waals surface area contributed by atoms with E-state index in [1.54, 1.807) is 36.4 Å². The number of phenols is 1. The van der Waals surface area contributed by atoms with E-state index in [9.17, 15) is 14.8 Å². The van der Waals surface area contributed by atoms with Crippen molar-refractivity contribution in [3.05, 3.63) is 98.6 Å². The van der Waals surface area contributed by atoms with Crippen molar-refractivity contribution in [1.82, 2.24) is 0 Å². The summed E-state index contributed by atoms with van der Waals surface area (Å²) in [6.45, 7) is -0.0544. The minimum absolute atomic E-state index is 0.00124. The maximum Gasteiger partial charge on any atom is 0.205 e. The van der Waals surface area contributed by atoms with Crippen LogP contribution in [0.2, 0.25) is 10.0 Å². The van der Waals surface area contributed by atoms with Gasteiger partial charge in [0.15, 0.2) is 5.75 Å². The van der Waals surface area contributed by atoms with Crippen LogP contribution in [0.1, 0.15) is 22.6 Å². The molecule has 1 atom stereocenters. The molecule has 3 N–H and O–H groups in total. The molecule has 0 fully saturated rings. The summed E-state index contributed by atoms with van der Waals surface area (Å²) in [6.07, 6.45) is 0. The number of hydrogen-bond acceptors (Lipinski definition) is 5. The van der Waals surface area contributed by atoms with E-state index in [2.05, 4.69) is 6.07 Å². The monoisotopic (exact) mass is 456 g/mol. The van der Waals surface area contributed by atoms with Crippen LogP contribution in [0.25, 0.3) is 0 Å². The van der Waals surface area contributed by atoms with Crippen molar-refractivity contribution in [2.75, 3.05) is 0 Å². The number of aromatic hydroxyl groups is 1. The minimum Gasteiger partial charge on any atom is -0.508 e. The zero-order chi connectivity index (χ0) is 22.1. The maximum absolute atomic E-state index is 13.9. The average molecular weight is 457 g/mol. The SMILES string of the molecule is N#CC1=C(N)Oc2cc(O)ccc2[C@H]1c1cc(Cl)c(OCc2ccccc2F)c(Cl)c1. The van der Waals surface area contributed by atoms with E-state index in [0.717, 1.165) is 0 Å². The van der Waals surface area contributed by atoms with Crippen molar-refractivity contribution >= 4 is 23.2 Å². The molecule has 3 aromatic rings. The van der Waals surface area contributed by atoms with Crippen LogP contribution in [-0.2, 0) is 6.61 Å². The molecule has 0 saturated carbocycles. The molecule has 1 heterocycles. The first-order valence-corrected chi connectivity index (χ1v) is 9.90. The standard InChI is InChI=1S/C23H15Cl2FN2O3/c24-17-7-13(8-18(25)22(17)30-11-12-3-1-2-4-19(12)26)21-15-6-5-14(29)9-20(15)31-23(28)16(21)10-27/h1-9,21,29H,11,28H2/t21-/m1/s1. The quantitative estimate of drug-likeness (QED) is 0.530. The van der Waals surface area contributed by atoms with Gasteiger partial charge in [-0.15, -0.1) is 0 Å². The van der Waals surface area contributed by atoms with Gasteiger partial charge in [0, 0.05) is 17.2 Å². The van der Waals surface area contributed by atoms with Crippen LogP contribution in [0.15, 0.2) is 66.1 Å². The number of allylic oxidation sites excluding steroid dienone is 1.